The van der Waals surface area contributed by atoms with Crippen molar-refractivity contribution in [2.45, 2.75) is 64.4 Å². The monoisotopic (exact) mass is 659 g/mol. The Bertz CT molecular complexity index is 1560. The molecule has 2 heterocycles. The highest BCUT2D eigenvalue weighted by Gasteiger charge is 2.39. The Morgan fingerprint density at radius 1 is 0.915 bits per heavy atom. The van der Waals surface area contributed by atoms with Crippen LogP contribution in [0.2, 0.25) is 5.02 Å². The number of carbonyl (C=O) groups is 3. The lowest BCUT2D eigenvalue weighted by Gasteiger charge is -2.39. The molecule has 47 heavy (non-hydrogen) atoms. The highest BCUT2D eigenvalue weighted by Crippen LogP contribution is 2.27. The number of carbonyl (C=O) groups excluding carboxylic acids is 3. The van der Waals surface area contributed by atoms with Gasteiger partial charge < -0.3 is 24.8 Å². The Labute approximate surface area is 283 Å². The highest BCUT2D eigenvalue weighted by atomic mass is 35.5. The van der Waals surface area contributed by atoms with Crippen molar-refractivity contribution in [3.63, 3.8) is 0 Å². The van der Waals surface area contributed by atoms with Crippen LogP contribution in [0.1, 0.15) is 43.0 Å². The first-order chi connectivity index (χ1) is 22.4. The number of benzene rings is 3. The first-order valence-corrected chi connectivity index (χ1v) is 16.6. The Balaban J connectivity index is 1.35. The highest BCUT2D eigenvalue weighted by molar-refractivity contribution is 6.30. The van der Waals surface area contributed by atoms with E-state index in [1.165, 1.54) is 16.2 Å². The average molecular weight is 660 g/mol. The van der Waals surface area contributed by atoms with Crippen LogP contribution in [0.5, 0.6) is 0 Å². The largest absolute Gasteiger partial charge is 0.444 e. The number of rotatable bonds is 8. The van der Waals surface area contributed by atoms with Crippen LogP contribution in [0, 0.1) is 0 Å². The van der Waals surface area contributed by atoms with E-state index in [4.69, 9.17) is 16.3 Å². The number of piperazine rings is 1. The molecule has 5 rings (SSSR count). The summed E-state index contributed by atoms with van der Waals surface area (Å²) in [4.78, 5) is 49.5. The van der Waals surface area contributed by atoms with Gasteiger partial charge in [0.05, 0.1) is 6.54 Å². The molecule has 0 spiro atoms. The zero-order valence-corrected chi connectivity index (χ0v) is 28.8. The molecule has 0 radical (unpaired) electrons. The van der Waals surface area contributed by atoms with E-state index in [1.807, 2.05) is 47.4 Å². The summed E-state index contributed by atoms with van der Waals surface area (Å²) in [5, 5.41) is 3.66. The number of fused-ring (bicyclic) bond motifs is 1. The standard InChI is InChI=1S/C37H46ClN5O4/c1-37(2,3)47-36(46)43-25-28-11-7-6-10-27(28)23-33(43)34(44)39-31(22-26-14-16-30(38)17-15-26)35(45)42-20-18-41(19-21-42)32-13-9-8-12-29(32)24-40(4)5/h6-17,31,33H,18-25H2,1-5H3,(H,39,44)/t31-,33+/m1/s1. The summed E-state index contributed by atoms with van der Waals surface area (Å²) in [5.41, 5.74) is 4.55. The molecular weight excluding hydrogens is 614 g/mol. The minimum absolute atomic E-state index is 0.144. The fourth-order valence-electron chi connectivity index (χ4n) is 6.28. The number of hydrogen-bond acceptors (Lipinski definition) is 6. The molecule has 0 aromatic heterocycles. The molecule has 1 N–H and O–H groups in total. The predicted octanol–water partition coefficient (Wildman–Crippen LogP) is 5.14. The van der Waals surface area contributed by atoms with Crippen molar-refractivity contribution in [2.24, 2.45) is 0 Å². The van der Waals surface area contributed by atoms with Crippen molar-refractivity contribution in [1.82, 2.24) is 20.0 Å². The van der Waals surface area contributed by atoms with E-state index in [9.17, 15) is 14.4 Å². The topological polar surface area (TPSA) is 85.4 Å². The Kier molecular flexibility index (Phi) is 10.8. The van der Waals surface area contributed by atoms with Crippen LogP contribution in [0.15, 0.2) is 72.8 Å². The molecule has 0 saturated carbocycles. The van der Waals surface area contributed by atoms with Gasteiger partial charge in [-0.15, -0.1) is 0 Å². The fraction of sp³-hybridized carbons (Fsp3) is 0.432. The zero-order valence-electron chi connectivity index (χ0n) is 28.0. The number of anilines is 1. The number of halogens is 1. The van der Waals surface area contributed by atoms with Gasteiger partial charge in [-0.05, 0) is 75.3 Å². The van der Waals surface area contributed by atoms with Crippen LogP contribution < -0.4 is 10.2 Å². The second-order valence-electron chi connectivity index (χ2n) is 13.7. The van der Waals surface area contributed by atoms with Gasteiger partial charge in [0.15, 0.2) is 0 Å². The van der Waals surface area contributed by atoms with Crippen LogP contribution in [-0.4, -0.2) is 90.6 Å². The van der Waals surface area contributed by atoms with E-state index >= 15 is 0 Å². The third-order valence-corrected chi connectivity index (χ3v) is 8.81. The molecule has 2 aliphatic rings. The number of amides is 3. The third-order valence-electron chi connectivity index (χ3n) is 8.56. The van der Waals surface area contributed by atoms with Crippen LogP contribution >= 0.6 is 11.6 Å². The molecule has 1 saturated heterocycles. The number of ether oxygens (including phenoxy) is 1. The van der Waals surface area contributed by atoms with Crippen molar-refractivity contribution in [3.8, 4) is 0 Å². The van der Waals surface area contributed by atoms with Gasteiger partial charge in [-0.2, -0.15) is 0 Å². The van der Waals surface area contributed by atoms with Crippen molar-refractivity contribution >= 4 is 35.2 Å². The second-order valence-corrected chi connectivity index (χ2v) is 14.1. The van der Waals surface area contributed by atoms with Crippen LogP contribution in [-0.2, 0) is 40.3 Å². The summed E-state index contributed by atoms with van der Waals surface area (Å²) in [7, 11) is 4.11. The quantitative estimate of drug-likeness (QED) is 0.361. The smallest absolute Gasteiger partial charge is 0.411 e. The lowest BCUT2D eigenvalue weighted by molar-refractivity contribution is -0.138. The SMILES string of the molecule is CN(C)Cc1ccccc1N1CCN(C(=O)[C@@H](Cc2ccc(Cl)cc2)NC(=O)[C@@H]2Cc3ccccc3CN2C(=O)OC(C)(C)C)CC1. The van der Waals surface area contributed by atoms with E-state index in [2.05, 4.69) is 47.4 Å². The van der Waals surface area contributed by atoms with Gasteiger partial charge in [0.1, 0.15) is 17.7 Å². The Morgan fingerprint density at radius 2 is 1.55 bits per heavy atom. The molecule has 250 valence electrons. The van der Waals surface area contributed by atoms with Gasteiger partial charge in [-0.25, -0.2) is 4.79 Å². The predicted molar refractivity (Wildman–Crippen MR) is 185 cm³/mol. The summed E-state index contributed by atoms with van der Waals surface area (Å²) < 4.78 is 5.72. The lowest BCUT2D eigenvalue weighted by Crippen LogP contribution is -2.59. The molecule has 2 aliphatic heterocycles. The van der Waals surface area contributed by atoms with Gasteiger partial charge >= 0.3 is 6.09 Å². The molecule has 3 aromatic rings. The number of nitrogens with zero attached hydrogens (tertiary/aromatic N) is 4. The maximum atomic E-state index is 14.2. The molecular formula is C37H46ClN5O4. The van der Waals surface area contributed by atoms with Crippen molar-refractivity contribution in [2.75, 3.05) is 45.2 Å². The lowest BCUT2D eigenvalue weighted by atomic mass is 9.93. The molecule has 10 heteroatoms. The Hall–Kier alpha value is -4.08. The molecule has 2 atom stereocenters. The molecule has 3 aromatic carbocycles. The second kappa shape index (κ2) is 14.8. The van der Waals surface area contributed by atoms with Crippen LogP contribution in [0.3, 0.4) is 0 Å². The molecule has 1 fully saturated rings. The van der Waals surface area contributed by atoms with Gasteiger partial charge in [0.2, 0.25) is 11.8 Å². The van der Waals surface area contributed by atoms with Gasteiger partial charge in [0, 0.05) is 56.3 Å². The molecule has 0 bridgehead atoms. The molecule has 3 amide bonds. The van der Waals surface area contributed by atoms with Gasteiger partial charge in [-0.3, -0.25) is 14.5 Å². The van der Waals surface area contributed by atoms with E-state index in [1.54, 1.807) is 32.9 Å². The third kappa shape index (κ3) is 8.84. The van der Waals surface area contributed by atoms with Crippen LogP contribution in [0.25, 0.3) is 0 Å². The summed E-state index contributed by atoms with van der Waals surface area (Å²) in [5.74, 6) is -0.525. The zero-order chi connectivity index (χ0) is 33.7. The summed E-state index contributed by atoms with van der Waals surface area (Å²) in [6.45, 7) is 8.92. The first-order valence-electron chi connectivity index (χ1n) is 16.3. The van der Waals surface area contributed by atoms with Crippen molar-refractivity contribution < 1.29 is 19.1 Å². The maximum absolute atomic E-state index is 14.2. The summed E-state index contributed by atoms with van der Waals surface area (Å²) in [6.07, 6.45) is 0.0655. The normalized spacial score (nSPS) is 17.3. The molecule has 9 nitrogen and oxygen atoms in total. The van der Waals surface area contributed by atoms with Crippen LogP contribution in [0.4, 0.5) is 10.5 Å². The van der Waals surface area contributed by atoms with E-state index < -0.39 is 23.8 Å². The van der Waals surface area contributed by atoms with E-state index in [0.29, 0.717) is 44.0 Å². The molecule has 0 aliphatic carbocycles. The van der Waals surface area contributed by atoms with Crippen molar-refractivity contribution in [1.29, 1.82) is 0 Å². The molecule has 0 unspecified atom stereocenters. The van der Waals surface area contributed by atoms with Gasteiger partial charge in [0.25, 0.3) is 0 Å². The summed E-state index contributed by atoms with van der Waals surface area (Å²) in [6, 6.07) is 21.9. The fourth-order valence-corrected chi connectivity index (χ4v) is 6.40. The van der Waals surface area contributed by atoms with Crippen molar-refractivity contribution in [3.05, 3.63) is 100 Å². The van der Waals surface area contributed by atoms with E-state index in [0.717, 1.165) is 23.2 Å². The van der Waals surface area contributed by atoms with E-state index in [-0.39, 0.29) is 18.4 Å². The first kappa shape index (κ1) is 34.3. The average Bonchev–Trinajstić information content (AvgIpc) is 3.03. The number of nitrogens with one attached hydrogen (secondary N) is 1. The number of hydrogen-bond donors (Lipinski definition) is 1. The number of para-hydroxylation sites is 1. The Morgan fingerprint density at radius 3 is 2.21 bits per heavy atom. The summed E-state index contributed by atoms with van der Waals surface area (Å²) >= 11 is 6.15. The minimum atomic E-state index is -0.828. The van der Waals surface area contributed by atoms with Gasteiger partial charge in [-0.1, -0.05) is 66.2 Å². The maximum Gasteiger partial charge on any atom is 0.411 e. The minimum Gasteiger partial charge on any atom is -0.444 e.